The normalized spacial score (nSPS) is 11.0. The Morgan fingerprint density at radius 3 is 2.62 bits per heavy atom. The molecule has 4 rings (SSSR count). The molecule has 7 heteroatoms. The molecule has 0 aliphatic carbocycles. The minimum atomic E-state index is -0.153. The van der Waals surface area contributed by atoms with Gasteiger partial charge in [-0.15, -0.1) is 0 Å². The lowest BCUT2D eigenvalue weighted by Crippen LogP contribution is -2.24. The van der Waals surface area contributed by atoms with E-state index >= 15 is 0 Å². The number of carbonyl (C=O) groups is 1. The molecular weight excluding hydrogens is 473 g/mol. The van der Waals surface area contributed by atoms with Crippen LogP contribution in [0.3, 0.4) is 0 Å². The van der Waals surface area contributed by atoms with Crippen molar-refractivity contribution in [2.75, 3.05) is 0 Å². The summed E-state index contributed by atoms with van der Waals surface area (Å²) in [6.07, 6.45) is 0. The lowest BCUT2D eigenvalue weighted by molar-refractivity contribution is 0.0949. The standard InChI is InChI=1S/C22H16BrCl2N3O/c23-16-5-3-4-15(11-16)22(29)26-12-21-27-19-6-1-2-7-20(19)28(21)13-14-8-9-17(24)18(25)10-14/h1-11H,12-13H2,(H,26,29). The predicted octanol–water partition coefficient (Wildman–Crippen LogP) is 6.08. The third-order valence-corrected chi connectivity index (χ3v) is 5.78. The number of hydrogen-bond donors (Lipinski definition) is 1. The number of amides is 1. The Hall–Kier alpha value is -2.34. The van der Waals surface area contributed by atoms with Gasteiger partial charge in [0.05, 0.1) is 27.6 Å². The number of hydrogen-bond acceptors (Lipinski definition) is 2. The third-order valence-electron chi connectivity index (χ3n) is 4.55. The summed E-state index contributed by atoms with van der Waals surface area (Å²) in [4.78, 5) is 17.2. The molecule has 4 aromatic rings. The smallest absolute Gasteiger partial charge is 0.251 e. The first kappa shape index (κ1) is 20.0. The predicted molar refractivity (Wildman–Crippen MR) is 121 cm³/mol. The second-order valence-electron chi connectivity index (χ2n) is 6.54. The average Bonchev–Trinajstić information content (AvgIpc) is 3.06. The van der Waals surface area contributed by atoms with Crippen molar-refractivity contribution in [1.29, 1.82) is 0 Å². The summed E-state index contributed by atoms with van der Waals surface area (Å²) >= 11 is 15.6. The zero-order valence-electron chi connectivity index (χ0n) is 15.2. The average molecular weight is 489 g/mol. The molecule has 146 valence electrons. The number of imidazole rings is 1. The van der Waals surface area contributed by atoms with E-state index in [0.29, 0.717) is 28.7 Å². The number of aromatic nitrogens is 2. The summed E-state index contributed by atoms with van der Waals surface area (Å²) in [5.74, 6) is 0.611. The minimum Gasteiger partial charge on any atom is -0.345 e. The highest BCUT2D eigenvalue weighted by Gasteiger charge is 2.13. The molecule has 1 amide bonds. The summed E-state index contributed by atoms with van der Waals surface area (Å²) in [7, 11) is 0. The molecule has 0 saturated heterocycles. The Kier molecular flexibility index (Phi) is 5.90. The van der Waals surface area contributed by atoms with Crippen LogP contribution in [0, 0.1) is 0 Å². The van der Waals surface area contributed by atoms with Gasteiger partial charge in [0.15, 0.2) is 0 Å². The van der Waals surface area contributed by atoms with Crippen molar-refractivity contribution in [3.05, 3.63) is 98.2 Å². The van der Waals surface area contributed by atoms with E-state index < -0.39 is 0 Å². The first-order valence-corrected chi connectivity index (χ1v) is 10.5. The molecule has 0 aliphatic rings. The van der Waals surface area contributed by atoms with E-state index in [2.05, 4.69) is 25.8 Å². The molecule has 0 aliphatic heterocycles. The number of carbonyl (C=O) groups excluding carboxylic acids is 1. The molecule has 0 atom stereocenters. The highest BCUT2D eigenvalue weighted by atomic mass is 79.9. The van der Waals surface area contributed by atoms with E-state index in [4.69, 9.17) is 28.2 Å². The minimum absolute atomic E-state index is 0.153. The molecule has 29 heavy (non-hydrogen) atoms. The van der Waals surface area contributed by atoms with Crippen LogP contribution in [0.25, 0.3) is 11.0 Å². The van der Waals surface area contributed by atoms with Crippen LogP contribution < -0.4 is 5.32 Å². The summed E-state index contributed by atoms with van der Waals surface area (Å²) in [6.45, 7) is 0.876. The van der Waals surface area contributed by atoms with Crippen LogP contribution >= 0.6 is 39.1 Å². The fraction of sp³-hybridized carbons (Fsp3) is 0.0909. The Bertz CT molecular complexity index is 1210. The van der Waals surface area contributed by atoms with Crippen LogP contribution in [0.2, 0.25) is 10.0 Å². The van der Waals surface area contributed by atoms with Gasteiger partial charge in [-0.1, -0.05) is 63.4 Å². The maximum absolute atomic E-state index is 12.5. The van der Waals surface area contributed by atoms with Crippen LogP contribution in [0.4, 0.5) is 0 Å². The van der Waals surface area contributed by atoms with Gasteiger partial charge in [0.1, 0.15) is 5.82 Å². The fourth-order valence-electron chi connectivity index (χ4n) is 3.15. The van der Waals surface area contributed by atoms with Crippen molar-refractivity contribution in [3.8, 4) is 0 Å². The third kappa shape index (κ3) is 4.47. The molecule has 0 bridgehead atoms. The first-order valence-electron chi connectivity index (χ1n) is 8.93. The highest BCUT2D eigenvalue weighted by Crippen LogP contribution is 2.24. The van der Waals surface area contributed by atoms with Crippen molar-refractivity contribution in [1.82, 2.24) is 14.9 Å². The van der Waals surface area contributed by atoms with Gasteiger partial charge in [0.25, 0.3) is 5.91 Å². The van der Waals surface area contributed by atoms with Crippen molar-refractivity contribution >= 4 is 56.1 Å². The van der Waals surface area contributed by atoms with E-state index in [9.17, 15) is 4.79 Å². The molecule has 1 N–H and O–H groups in total. The van der Waals surface area contributed by atoms with Gasteiger partial charge in [-0.05, 0) is 48.0 Å². The lowest BCUT2D eigenvalue weighted by atomic mass is 10.2. The Morgan fingerprint density at radius 2 is 1.83 bits per heavy atom. The monoisotopic (exact) mass is 487 g/mol. The SMILES string of the molecule is O=C(NCc1nc2ccccc2n1Cc1ccc(Cl)c(Cl)c1)c1cccc(Br)c1. The highest BCUT2D eigenvalue weighted by molar-refractivity contribution is 9.10. The van der Waals surface area contributed by atoms with Gasteiger partial charge in [-0.3, -0.25) is 4.79 Å². The van der Waals surface area contributed by atoms with E-state index in [1.807, 2.05) is 48.5 Å². The van der Waals surface area contributed by atoms with Gasteiger partial charge in [0, 0.05) is 16.6 Å². The number of halogens is 3. The van der Waals surface area contributed by atoms with Crippen LogP contribution in [-0.4, -0.2) is 15.5 Å². The molecule has 1 heterocycles. The number of nitrogens with zero attached hydrogens (tertiary/aromatic N) is 2. The molecule has 3 aromatic carbocycles. The maximum atomic E-state index is 12.5. The van der Waals surface area contributed by atoms with Gasteiger partial charge in [-0.25, -0.2) is 4.98 Å². The molecule has 0 spiro atoms. The van der Waals surface area contributed by atoms with Crippen LogP contribution in [-0.2, 0) is 13.1 Å². The topological polar surface area (TPSA) is 46.9 Å². The van der Waals surface area contributed by atoms with Gasteiger partial charge in [-0.2, -0.15) is 0 Å². The Labute approximate surface area is 186 Å². The summed E-state index contributed by atoms with van der Waals surface area (Å²) in [5.41, 5.74) is 3.46. The van der Waals surface area contributed by atoms with E-state index in [1.54, 1.807) is 18.2 Å². The number of nitrogens with one attached hydrogen (secondary N) is 1. The lowest BCUT2D eigenvalue weighted by Gasteiger charge is -2.11. The van der Waals surface area contributed by atoms with Crippen molar-refractivity contribution in [2.45, 2.75) is 13.1 Å². The molecule has 0 fully saturated rings. The zero-order chi connectivity index (χ0) is 20.4. The molecular formula is C22H16BrCl2N3O. The summed E-state index contributed by atoms with van der Waals surface area (Å²) < 4.78 is 2.94. The molecule has 0 unspecified atom stereocenters. The van der Waals surface area contributed by atoms with E-state index in [0.717, 1.165) is 26.9 Å². The second kappa shape index (κ2) is 8.57. The maximum Gasteiger partial charge on any atom is 0.251 e. The Morgan fingerprint density at radius 1 is 1.00 bits per heavy atom. The largest absolute Gasteiger partial charge is 0.345 e. The van der Waals surface area contributed by atoms with Gasteiger partial charge in [0.2, 0.25) is 0 Å². The quantitative estimate of drug-likeness (QED) is 0.369. The van der Waals surface area contributed by atoms with Crippen LogP contribution in [0.1, 0.15) is 21.7 Å². The fourth-order valence-corrected chi connectivity index (χ4v) is 3.87. The van der Waals surface area contributed by atoms with Gasteiger partial charge < -0.3 is 9.88 Å². The summed E-state index contributed by atoms with van der Waals surface area (Å²) in [6, 6.07) is 20.7. The number of fused-ring (bicyclic) bond motifs is 1. The van der Waals surface area contributed by atoms with Crippen molar-refractivity contribution in [3.63, 3.8) is 0 Å². The van der Waals surface area contributed by atoms with Crippen LogP contribution in [0.15, 0.2) is 71.2 Å². The number of para-hydroxylation sites is 2. The Balaban J connectivity index is 1.62. The van der Waals surface area contributed by atoms with Crippen LogP contribution in [0.5, 0.6) is 0 Å². The molecule has 4 nitrogen and oxygen atoms in total. The molecule has 1 aromatic heterocycles. The van der Waals surface area contributed by atoms with Crippen molar-refractivity contribution < 1.29 is 4.79 Å². The molecule has 0 radical (unpaired) electrons. The summed E-state index contributed by atoms with van der Waals surface area (Å²) in [5, 5.41) is 3.99. The van der Waals surface area contributed by atoms with Gasteiger partial charge >= 0.3 is 0 Å². The zero-order valence-corrected chi connectivity index (χ0v) is 18.3. The molecule has 0 saturated carbocycles. The number of benzene rings is 3. The number of rotatable bonds is 5. The van der Waals surface area contributed by atoms with Crippen molar-refractivity contribution in [2.24, 2.45) is 0 Å². The first-order chi connectivity index (χ1) is 14.0. The van der Waals surface area contributed by atoms with E-state index in [1.165, 1.54) is 0 Å². The second-order valence-corrected chi connectivity index (χ2v) is 8.27. The van der Waals surface area contributed by atoms with E-state index in [-0.39, 0.29) is 5.91 Å².